The third-order valence-corrected chi connectivity index (χ3v) is 4.89. The zero-order valence-electron chi connectivity index (χ0n) is 11.9. The minimum Gasteiger partial charge on any atom is -0.270 e. The standard InChI is InChI=1S/C13H17ClN4O2S/c1-11-4-3-5-12(16-11)9-17(2)21(19,20)13-8-15-18(10-13)7-6-14/h3-5,8,10H,6-7,9H2,1-2H3. The predicted molar refractivity (Wildman–Crippen MR) is 80.6 cm³/mol. The van der Waals surface area contributed by atoms with Crippen molar-refractivity contribution in [3.8, 4) is 0 Å². The number of rotatable bonds is 6. The maximum absolute atomic E-state index is 12.5. The Morgan fingerprint density at radius 2 is 2.14 bits per heavy atom. The van der Waals surface area contributed by atoms with Gasteiger partial charge in [-0.3, -0.25) is 9.67 Å². The monoisotopic (exact) mass is 328 g/mol. The second-order valence-electron chi connectivity index (χ2n) is 4.66. The van der Waals surface area contributed by atoms with Gasteiger partial charge in [-0.05, 0) is 19.1 Å². The van der Waals surface area contributed by atoms with Gasteiger partial charge in [0.1, 0.15) is 4.90 Å². The van der Waals surface area contributed by atoms with Crippen molar-refractivity contribution >= 4 is 21.6 Å². The molecule has 2 aromatic rings. The normalized spacial score (nSPS) is 12.0. The Morgan fingerprint density at radius 1 is 1.38 bits per heavy atom. The van der Waals surface area contributed by atoms with Gasteiger partial charge >= 0.3 is 0 Å². The molecule has 0 amide bonds. The molecule has 0 aromatic carbocycles. The van der Waals surface area contributed by atoms with Crippen LogP contribution in [-0.4, -0.2) is 40.4 Å². The first kappa shape index (κ1) is 15.9. The zero-order valence-corrected chi connectivity index (χ0v) is 13.5. The lowest BCUT2D eigenvalue weighted by Gasteiger charge is -2.15. The fourth-order valence-corrected chi connectivity index (χ4v) is 3.14. The highest BCUT2D eigenvalue weighted by molar-refractivity contribution is 7.89. The summed E-state index contributed by atoms with van der Waals surface area (Å²) in [5.74, 6) is 0.379. The van der Waals surface area contributed by atoms with Crippen LogP contribution in [0.2, 0.25) is 0 Å². The van der Waals surface area contributed by atoms with Gasteiger partial charge in [-0.2, -0.15) is 9.40 Å². The van der Waals surface area contributed by atoms with Gasteiger partial charge in [-0.25, -0.2) is 8.42 Å². The summed E-state index contributed by atoms with van der Waals surface area (Å²) in [6.45, 7) is 2.55. The highest BCUT2D eigenvalue weighted by Gasteiger charge is 2.23. The molecule has 0 bridgehead atoms. The third-order valence-electron chi connectivity index (χ3n) is 2.96. The average molecular weight is 329 g/mol. The van der Waals surface area contributed by atoms with E-state index in [0.717, 1.165) is 5.69 Å². The molecule has 0 spiro atoms. The first-order valence-corrected chi connectivity index (χ1v) is 8.38. The molecule has 21 heavy (non-hydrogen) atoms. The second kappa shape index (κ2) is 6.55. The van der Waals surface area contributed by atoms with Gasteiger partial charge in [0.05, 0.1) is 25.0 Å². The minimum absolute atomic E-state index is 0.155. The molecular formula is C13H17ClN4O2S. The van der Waals surface area contributed by atoms with Crippen molar-refractivity contribution in [2.24, 2.45) is 0 Å². The van der Waals surface area contributed by atoms with E-state index < -0.39 is 10.0 Å². The maximum atomic E-state index is 12.5. The van der Waals surface area contributed by atoms with E-state index in [9.17, 15) is 8.42 Å². The van der Waals surface area contributed by atoms with Crippen molar-refractivity contribution in [1.29, 1.82) is 0 Å². The molecule has 0 N–H and O–H groups in total. The fraction of sp³-hybridized carbons (Fsp3) is 0.385. The summed E-state index contributed by atoms with van der Waals surface area (Å²) < 4.78 is 27.7. The first-order chi connectivity index (χ1) is 9.93. The van der Waals surface area contributed by atoms with Crippen molar-refractivity contribution in [3.63, 3.8) is 0 Å². The van der Waals surface area contributed by atoms with Gasteiger partial charge in [0.15, 0.2) is 0 Å². The SMILES string of the molecule is Cc1cccc(CN(C)S(=O)(=O)c2cnn(CCCl)c2)n1. The lowest BCUT2D eigenvalue weighted by atomic mass is 10.3. The summed E-state index contributed by atoms with van der Waals surface area (Å²) in [7, 11) is -2.05. The van der Waals surface area contributed by atoms with Crippen LogP contribution in [0, 0.1) is 6.92 Å². The van der Waals surface area contributed by atoms with Crippen LogP contribution in [0.15, 0.2) is 35.5 Å². The van der Waals surface area contributed by atoms with Gasteiger partial charge < -0.3 is 0 Å². The van der Waals surface area contributed by atoms with E-state index in [1.165, 1.54) is 28.4 Å². The molecule has 0 aliphatic carbocycles. The second-order valence-corrected chi connectivity index (χ2v) is 7.08. The molecule has 0 saturated heterocycles. The van der Waals surface area contributed by atoms with Crippen molar-refractivity contribution in [2.45, 2.75) is 24.9 Å². The highest BCUT2D eigenvalue weighted by Crippen LogP contribution is 2.15. The first-order valence-electron chi connectivity index (χ1n) is 6.41. The van der Waals surface area contributed by atoms with E-state index in [1.54, 1.807) is 6.07 Å². The van der Waals surface area contributed by atoms with Crippen molar-refractivity contribution in [1.82, 2.24) is 19.1 Å². The molecule has 0 atom stereocenters. The smallest absolute Gasteiger partial charge is 0.246 e. The van der Waals surface area contributed by atoms with Gasteiger partial charge in [-0.15, -0.1) is 11.6 Å². The van der Waals surface area contributed by atoms with E-state index in [2.05, 4.69) is 10.1 Å². The van der Waals surface area contributed by atoms with Crippen LogP contribution in [0.4, 0.5) is 0 Å². The van der Waals surface area contributed by atoms with Crippen LogP contribution in [0.5, 0.6) is 0 Å². The van der Waals surface area contributed by atoms with Crippen LogP contribution in [0.3, 0.4) is 0 Å². The minimum atomic E-state index is -3.58. The summed E-state index contributed by atoms with van der Waals surface area (Å²) in [5, 5.41) is 3.99. The van der Waals surface area contributed by atoms with Crippen molar-refractivity contribution < 1.29 is 8.42 Å². The van der Waals surface area contributed by atoms with Crippen LogP contribution in [0.25, 0.3) is 0 Å². The lowest BCUT2D eigenvalue weighted by Crippen LogP contribution is -2.26. The zero-order chi connectivity index (χ0) is 15.5. The molecular weight excluding hydrogens is 312 g/mol. The molecule has 0 fully saturated rings. The predicted octanol–water partition coefficient (Wildman–Crippen LogP) is 1.65. The Morgan fingerprint density at radius 3 is 2.81 bits per heavy atom. The summed E-state index contributed by atoms with van der Waals surface area (Å²) in [4.78, 5) is 4.47. The van der Waals surface area contributed by atoms with Crippen molar-refractivity contribution in [3.05, 3.63) is 42.0 Å². The van der Waals surface area contributed by atoms with E-state index >= 15 is 0 Å². The molecule has 0 aliphatic rings. The average Bonchev–Trinajstić information content (AvgIpc) is 2.88. The van der Waals surface area contributed by atoms with Crippen LogP contribution in [-0.2, 0) is 23.1 Å². The summed E-state index contributed by atoms with van der Waals surface area (Å²) in [5.41, 5.74) is 1.56. The molecule has 0 radical (unpaired) electrons. The summed E-state index contributed by atoms with van der Waals surface area (Å²) in [6.07, 6.45) is 2.82. The lowest BCUT2D eigenvalue weighted by molar-refractivity contribution is 0.461. The Hall–Kier alpha value is -1.44. The number of hydrogen-bond donors (Lipinski definition) is 0. The third kappa shape index (κ3) is 3.81. The van der Waals surface area contributed by atoms with E-state index in [0.29, 0.717) is 18.1 Å². The molecule has 114 valence electrons. The van der Waals surface area contributed by atoms with E-state index in [1.807, 2.05) is 19.1 Å². The molecule has 0 saturated carbocycles. The van der Waals surface area contributed by atoms with Gasteiger partial charge in [0.25, 0.3) is 0 Å². The van der Waals surface area contributed by atoms with Crippen LogP contribution in [0.1, 0.15) is 11.4 Å². The van der Waals surface area contributed by atoms with Gasteiger partial charge in [0, 0.05) is 24.8 Å². The Balaban J connectivity index is 2.17. The summed E-state index contributed by atoms with van der Waals surface area (Å²) >= 11 is 5.62. The quantitative estimate of drug-likeness (QED) is 0.756. The highest BCUT2D eigenvalue weighted by atomic mass is 35.5. The molecule has 2 rings (SSSR count). The number of alkyl halides is 1. The topological polar surface area (TPSA) is 68.1 Å². The van der Waals surface area contributed by atoms with E-state index in [-0.39, 0.29) is 11.4 Å². The van der Waals surface area contributed by atoms with Crippen LogP contribution >= 0.6 is 11.6 Å². The number of pyridine rings is 1. The number of nitrogens with zero attached hydrogens (tertiary/aromatic N) is 4. The largest absolute Gasteiger partial charge is 0.270 e. The maximum Gasteiger partial charge on any atom is 0.246 e. The molecule has 2 heterocycles. The van der Waals surface area contributed by atoms with Crippen molar-refractivity contribution in [2.75, 3.05) is 12.9 Å². The summed E-state index contributed by atoms with van der Waals surface area (Å²) in [6, 6.07) is 5.53. The Labute approximate surface area is 129 Å². The number of halogens is 1. The number of sulfonamides is 1. The number of aryl methyl sites for hydroxylation is 2. The molecule has 2 aromatic heterocycles. The molecule has 6 nitrogen and oxygen atoms in total. The molecule has 8 heteroatoms. The molecule has 0 unspecified atom stereocenters. The van der Waals surface area contributed by atoms with E-state index in [4.69, 9.17) is 11.6 Å². The van der Waals surface area contributed by atoms with Gasteiger partial charge in [0.2, 0.25) is 10.0 Å². The Bertz CT molecular complexity index is 714. The molecule has 0 aliphatic heterocycles. The Kier molecular flexibility index (Phi) is 4.97. The fourth-order valence-electron chi connectivity index (χ4n) is 1.87. The number of aromatic nitrogens is 3. The van der Waals surface area contributed by atoms with Gasteiger partial charge in [-0.1, -0.05) is 6.07 Å². The number of hydrogen-bond acceptors (Lipinski definition) is 4. The van der Waals surface area contributed by atoms with Crippen LogP contribution < -0.4 is 0 Å².